The Hall–Kier alpha value is -2.07. The van der Waals surface area contributed by atoms with E-state index >= 15 is 0 Å². The second kappa shape index (κ2) is 10.5. The maximum atomic E-state index is 8.95. The normalized spacial score (nSPS) is 20.5. The van der Waals surface area contributed by atoms with Crippen LogP contribution in [0.5, 0.6) is 0 Å². The van der Waals surface area contributed by atoms with E-state index in [2.05, 4.69) is 44.2 Å². The largest absolute Gasteiger partial charge is 0.192 e. The van der Waals surface area contributed by atoms with E-state index in [0.717, 1.165) is 23.3 Å². The number of nitrogens with zero attached hydrogens (tertiary/aromatic N) is 1. The number of nitriles is 1. The fourth-order valence-electron chi connectivity index (χ4n) is 4.87. The highest BCUT2D eigenvalue weighted by atomic mass is 14.3. The molecule has 1 unspecified atom stereocenters. The molecule has 148 valence electrons. The van der Waals surface area contributed by atoms with Gasteiger partial charge in [0.05, 0.1) is 11.6 Å². The van der Waals surface area contributed by atoms with Gasteiger partial charge in [-0.1, -0.05) is 75.9 Å². The van der Waals surface area contributed by atoms with Crippen LogP contribution in [0.2, 0.25) is 0 Å². The molecule has 2 aromatic carbocycles. The molecule has 0 spiro atoms. The van der Waals surface area contributed by atoms with Gasteiger partial charge in [0.2, 0.25) is 0 Å². The number of rotatable bonds is 8. The number of benzene rings is 2. The lowest BCUT2D eigenvalue weighted by Gasteiger charge is -2.31. The average Bonchev–Trinajstić information content (AvgIpc) is 2.77. The van der Waals surface area contributed by atoms with Gasteiger partial charge in [-0.05, 0) is 78.7 Å². The number of hydrogen-bond donors (Lipinski definition) is 0. The molecule has 2 aromatic rings. The summed E-state index contributed by atoms with van der Waals surface area (Å²) >= 11 is 0. The summed E-state index contributed by atoms with van der Waals surface area (Å²) in [5.41, 5.74) is 4.65. The summed E-state index contributed by atoms with van der Waals surface area (Å²) in [5.74, 6) is 2.64. The van der Waals surface area contributed by atoms with Crippen molar-refractivity contribution in [3.63, 3.8) is 0 Å². The van der Waals surface area contributed by atoms with E-state index in [0.29, 0.717) is 0 Å². The van der Waals surface area contributed by atoms with Gasteiger partial charge < -0.3 is 0 Å². The van der Waals surface area contributed by atoms with Gasteiger partial charge in [0.15, 0.2) is 0 Å². The third-order valence-electron chi connectivity index (χ3n) is 6.79. The van der Waals surface area contributed by atoms with Gasteiger partial charge in [0, 0.05) is 0 Å². The Morgan fingerprint density at radius 2 is 1.50 bits per heavy atom. The first-order valence-electron chi connectivity index (χ1n) is 11.3. The Labute approximate surface area is 171 Å². The minimum absolute atomic E-state index is 0.720. The first-order valence-corrected chi connectivity index (χ1v) is 11.3. The van der Waals surface area contributed by atoms with Crippen LogP contribution in [-0.2, 0) is 0 Å². The van der Waals surface area contributed by atoms with Gasteiger partial charge in [-0.15, -0.1) is 0 Å². The van der Waals surface area contributed by atoms with Crippen LogP contribution in [-0.4, -0.2) is 0 Å². The fourth-order valence-corrected chi connectivity index (χ4v) is 4.87. The third kappa shape index (κ3) is 5.48. The molecule has 0 N–H and O–H groups in total. The van der Waals surface area contributed by atoms with E-state index in [1.807, 2.05) is 24.3 Å². The predicted octanol–water partition coefficient (Wildman–Crippen LogP) is 8.11. The van der Waals surface area contributed by atoms with Crippen molar-refractivity contribution in [3.05, 3.63) is 59.7 Å². The molecular weight excluding hydrogens is 338 g/mol. The van der Waals surface area contributed by atoms with Crippen molar-refractivity contribution in [1.82, 2.24) is 0 Å². The van der Waals surface area contributed by atoms with Crippen molar-refractivity contribution < 1.29 is 0 Å². The molecule has 1 atom stereocenters. The van der Waals surface area contributed by atoms with E-state index in [9.17, 15) is 0 Å². The van der Waals surface area contributed by atoms with Gasteiger partial charge in [-0.2, -0.15) is 5.26 Å². The molecule has 0 bridgehead atoms. The highest BCUT2D eigenvalue weighted by Gasteiger charge is 2.24. The van der Waals surface area contributed by atoms with Crippen molar-refractivity contribution in [3.8, 4) is 17.2 Å². The maximum Gasteiger partial charge on any atom is 0.0991 e. The lowest BCUT2D eigenvalue weighted by Crippen LogP contribution is -2.16. The third-order valence-corrected chi connectivity index (χ3v) is 6.79. The lowest BCUT2D eigenvalue weighted by atomic mass is 9.74. The Morgan fingerprint density at radius 3 is 2.04 bits per heavy atom. The summed E-state index contributed by atoms with van der Waals surface area (Å²) in [6, 6.07) is 19.2. The molecule has 1 aliphatic carbocycles. The SMILES string of the molecule is CCCCC(CC)C[C@H]1CC[C@H](c2ccc(-c3ccc(C#N)cc3)cc2)CC1. The van der Waals surface area contributed by atoms with Crippen LogP contribution in [0.1, 0.15) is 88.7 Å². The summed E-state index contributed by atoms with van der Waals surface area (Å²) in [5, 5.41) is 8.95. The molecule has 0 saturated heterocycles. The number of unbranched alkanes of at least 4 members (excludes halogenated alkanes) is 1. The highest BCUT2D eigenvalue weighted by Crippen LogP contribution is 2.39. The molecule has 1 fully saturated rings. The predicted molar refractivity (Wildman–Crippen MR) is 119 cm³/mol. The molecule has 1 aliphatic rings. The van der Waals surface area contributed by atoms with Gasteiger partial charge in [-0.3, -0.25) is 0 Å². The summed E-state index contributed by atoms with van der Waals surface area (Å²) in [6.45, 7) is 4.69. The summed E-state index contributed by atoms with van der Waals surface area (Å²) < 4.78 is 0. The molecule has 3 rings (SSSR count). The zero-order valence-corrected chi connectivity index (χ0v) is 17.7. The molecule has 0 aromatic heterocycles. The van der Waals surface area contributed by atoms with Crippen molar-refractivity contribution in [2.45, 2.75) is 77.6 Å². The van der Waals surface area contributed by atoms with Gasteiger partial charge in [0.1, 0.15) is 0 Å². The first kappa shape index (κ1) is 20.7. The average molecular weight is 374 g/mol. The Balaban J connectivity index is 1.53. The molecule has 1 heteroatoms. The molecule has 0 radical (unpaired) electrons. The van der Waals surface area contributed by atoms with Crippen LogP contribution in [0, 0.1) is 23.2 Å². The van der Waals surface area contributed by atoms with Gasteiger partial charge in [0.25, 0.3) is 0 Å². The summed E-state index contributed by atoms with van der Waals surface area (Å²) in [6.07, 6.45) is 12.5. The Kier molecular flexibility index (Phi) is 7.72. The molecule has 0 amide bonds. The highest BCUT2D eigenvalue weighted by molar-refractivity contribution is 5.64. The van der Waals surface area contributed by atoms with Crippen LogP contribution in [0.3, 0.4) is 0 Å². The van der Waals surface area contributed by atoms with Gasteiger partial charge >= 0.3 is 0 Å². The van der Waals surface area contributed by atoms with E-state index in [1.54, 1.807) is 0 Å². The molecule has 0 aliphatic heterocycles. The molecule has 1 nitrogen and oxygen atoms in total. The second-order valence-corrected chi connectivity index (χ2v) is 8.68. The fraction of sp³-hybridized carbons (Fsp3) is 0.519. The van der Waals surface area contributed by atoms with E-state index in [1.165, 1.54) is 74.5 Å². The lowest BCUT2D eigenvalue weighted by molar-refractivity contribution is 0.256. The quantitative estimate of drug-likeness (QED) is 0.458. The van der Waals surface area contributed by atoms with Crippen LogP contribution in [0.15, 0.2) is 48.5 Å². The van der Waals surface area contributed by atoms with Gasteiger partial charge in [-0.25, -0.2) is 0 Å². The van der Waals surface area contributed by atoms with Crippen molar-refractivity contribution in [1.29, 1.82) is 5.26 Å². The Bertz CT molecular complexity index is 742. The van der Waals surface area contributed by atoms with Crippen LogP contribution in [0.4, 0.5) is 0 Å². The van der Waals surface area contributed by atoms with Crippen LogP contribution < -0.4 is 0 Å². The zero-order valence-electron chi connectivity index (χ0n) is 17.7. The maximum absolute atomic E-state index is 8.95. The zero-order chi connectivity index (χ0) is 19.8. The van der Waals surface area contributed by atoms with Crippen LogP contribution >= 0.6 is 0 Å². The molecular formula is C27H35N. The molecule has 1 saturated carbocycles. The molecule has 28 heavy (non-hydrogen) atoms. The second-order valence-electron chi connectivity index (χ2n) is 8.68. The summed E-state index contributed by atoms with van der Waals surface area (Å²) in [4.78, 5) is 0. The minimum atomic E-state index is 0.720. The standard InChI is InChI=1S/C27H35N/c1-3-5-6-21(4-2)19-22-7-11-24(12-8-22)26-15-17-27(18-16-26)25-13-9-23(20-28)10-14-25/h9-10,13-18,21-22,24H,3-8,11-12,19H2,1-2H3/t21?,22-,24-. The monoisotopic (exact) mass is 373 g/mol. The van der Waals surface area contributed by atoms with Crippen LogP contribution in [0.25, 0.3) is 11.1 Å². The van der Waals surface area contributed by atoms with E-state index < -0.39 is 0 Å². The summed E-state index contributed by atoms with van der Waals surface area (Å²) in [7, 11) is 0. The van der Waals surface area contributed by atoms with Crippen molar-refractivity contribution in [2.75, 3.05) is 0 Å². The van der Waals surface area contributed by atoms with E-state index in [-0.39, 0.29) is 0 Å². The number of hydrogen-bond acceptors (Lipinski definition) is 1. The molecule has 0 heterocycles. The van der Waals surface area contributed by atoms with Crippen molar-refractivity contribution >= 4 is 0 Å². The van der Waals surface area contributed by atoms with E-state index in [4.69, 9.17) is 5.26 Å². The first-order chi connectivity index (χ1) is 13.7. The van der Waals surface area contributed by atoms with Crippen molar-refractivity contribution in [2.24, 2.45) is 11.8 Å². The topological polar surface area (TPSA) is 23.8 Å². The Morgan fingerprint density at radius 1 is 0.893 bits per heavy atom. The minimum Gasteiger partial charge on any atom is -0.192 e. The smallest absolute Gasteiger partial charge is 0.0991 e.